The molecule has 2 aromatic rings. The zero-order valence-electron chi connectivity index (χ0n) is 16.1. The van der Waals surface area contributed by atoms with Crippen LogP contribution in [0.4, 0.5) is 8.78 Å². The van der Waals surface area contributed by atoms with Crippen LogP contribution in [0.25, 0.3) is 0 Å². The average molecular weight is 386 g/mol. The highest BCUT2D eigenvalue weighted by molar-refractivity contribution is 6.01. The van der Waals surface area contributed by atoms with E-state index in [2.05, 4.69) is 5.16 Å². The number of benzene rings is 2. The summed E-state index contributed by atoms with van der Waals surface area (Å²) in [6.07, 6.45) is 0.651. The lowest BCUT2D eigenvalue weighted by atomic mass is 10.0. The minimum atomic E-state index is -0.326. The lowest BCUT2D eigenvalue weighted by molar-refractivity contribution is -0.134. The van der Waals surface area contributed by atoms with Gasteiger partial charge in [-0.05, 0) is 41.3 Å². The average Bonchev–Trinajstić information content (AvgIpc) is 3.10. The third kappa shape index (κ3) is 5.38. The summed E-state index contributed by atoms with van der Waals surface area (Å²) in [6.45, 7) is 4.64. The molecule has 0 spiro atoms. The van der Waals surface area contributed by atoms with E-state index in [9.17, 15) is 13.6 Å². The van der Waals surface area contributed by atoms with Crippen molar-refractivity contribution in [1.29, 1.82) is 0 Å². The highest BCUT2D eigenvalue weighted by Gasteiger charge is 2.27. The molecule has 1 aliphatic rings. The van der Waals surface area contributed by atoms with E-state index in [1.165, 1.54) is 24.3 Å². The number of hydrogen-bond acceptors (Lipinski definition) is 3. The second-order valence-electron chi connectivity index (χ2n) is 7.48. The summed E-state index contributed by atoms with van der Waals surface area (Å²) >= 11 is 0. The van der Waals surface area contributed by atoms with Crippen molar-refractivity contribution in [2.75, 3.05) is 6.54 Å². The van der Waals surface area contributed by atoms with Gasteiger partial charge in [0.25, 0.3) is 0 Å². The molecule has 28 heavy (non-hydrogen) atoms. The second-order valence-corrected chi connectivity index (χ2v) is 7.48. The summed E-state index contributed by atoms with van der Waals surface area (Å²) in [5.41, 5.74) is 2.26. The first kappa shape index (κ1) is 20.0. The van der Waals surface area contributed by atoms with Crippen LogP contribution in [0.5, 0.6) is 0 Å². The molecular weight excluding hydrogens is 362 g/mol. The fraction of sp³-hybridized carbons (Fsp3) is 0.364. The minimum Gasteiger partial charge on any atom is -0.390 e. The zero-order valence-corrected chi connectivity index (χ0v) is 16.1. The maximum atomic E-state index is 13.5. The third-order valence-electron chi connectivity index (χ3n) is 4.53. The van der Waals surface area contributed by atoms with Crippen molar-refractivity contribution in [3.63, 3.8) is 0 Å². The molecule has 0 aromatic heterocycles. The first-order valence-electron chi connectivity index (χ1n) is 9.41. The van der Waals surface area contributed by atoms with Gasteiger partial charge in [-0.15, -0.1) is 0 Å². The molecule has 3 rings (SSSR count). The Morgan fingerprint density at radius 1 is 1.18 bits per heavy atom. The van der Waals surface area contributed by atoms with E-state index < -0.39 is 0 Å². The first-order valence-corrected chi connectivity index (χ1v) is 9.41. The minimum absolute atomic E-state index is 0.00177. The van der Waals surface area contributed by atoms with E-state index in [-0.39, 0.29) is 29.6 Å². The van der Waals surface area contributed by atoms with Gasteiger partial charge < -0.3 is 9.74 Å². The Morgan fingerprint density at radius 2 is 1.93 bits per heavy atom. The van der Waals surface area contributed by atoms with Crippen LogP contribution < -0.4 is 0 Å². The van der Waals surface area contributed by atoms with Crippen LogP contribution in [0.15, 0.2) is 53.7 Å². The van der Waals surface area contributed by atoms with E-state index in [1.807, 2.05) is 13.8 Å². The number of carbonyl (C=O) groups excluding carboxylic acids is 1. The van der Waals surface area contributed by atoms with E-state index in [0.717, 1.165) is 16.8 Å². The van der Waals surface area contributed by atoms with Crippen molar-refractivity contribution < 1.29 is 18.4 Å². The predicted molar refractivity (Wildman–Crippen MR) is 104 cm³/mol. The molecule has 2 aromatic carbocycles. The van der Waals surface area contributed by atoms with Gasteiger partial charge in [0, 0.05) is 19.4 Å². The summed E-state index contributed by atoms with van der Waals surface area (Å²) in [7, 11) is 0. The van der Waals surface area contributed by atoms with E-state index in [0.29, 0.717) is 25.9 Å². The zero-order chi connectivity index (χ0) is 20.1. The standard InChI is InChI=1S/C22H24F2N2O2/c1-15(2)10-22(27)26(13-16-4-3-5-19(24)11-16)14-20-12-21(25-28-20)17-6-8-18(23)9-7-17/h3-9,11,15,20H,10,12-14H2,1-2H3/t20-/m1/s1. The van der Waals surface area contributed by atoms with Gasteiger partial charge in [0.2, 0.25) is 5.91 Å². The quantitative estimate of drug-likeness (QED) is 0.701. The number of oxime groups is 1. The molecule has 0 unspecified atom stereocenters. The van der Waals surface area contributed by atoms with Crippen molar-refractivity contribution in [3.05, 3.63) is 71.3 Å². The largest absolute Gasteiger partial charge is 0.390 e. The topological polar surface area (TPSA) is 41.9 Å². The van der Waals surface area contributed by atoms with Gasteiger partial charge in [-0.25, -0.2) is 8.78 Å². The summed E-state index contributed by atoms with van der Waals surface area (Å²) in [5, 5.41) is 4.11. The highest BCUT2D eigenvalue weighted by atomic mass is 19.1. The molecule has 148 valence electrons. The predicted octanol–water partition coefficient (Wildman–Crippen LogP) is 4.53. The molecule has 1 atom stereocenters. The van der Waals surface area contributed by atoms with Crippen LogP contribution in [0, 0.1) is 17.6 Å². The number of nitrogens with zero attached hydrogens (tertiary/aromatic N) is 2. The Bertz CT molecular complexity index is 850. The van der Waals surface area contributed by atoms with Crippen molar-refractivity contribution in [1.82, 2.24) is 4.90 Å². The second kappa shape index (κ2) is 8.95. The molecule has 1 aliphatic heterocycles. The Labute approximate surface area is 163 Å². The normalized spacial score (nSPS) is 16.0. The third-order valence-corrected chi connectivity index (χ3v) is 4.53. The summed E-state index contributed by atoms with van der Waals surface area (Å²) in [5.74, 6) is -0.413. The molecule has 0 fully saturated rings. The maximum absolute atomic E-state index is 13.5. The fourth-order valence-electron chi connectivity index (χ4n) is 3.17. The molecule has 0 saturated carbocycles. The number of halogens is 2. The Morgan fingerprint density at radius 3 is 2.61 bits per heavy atom. The fourth-order valence-corrected chi connectivity index (χ4v) is 3.17. The lowest BCUT2D eigenvalue weighted by Crippen LogP contribution is -2.37. The lowest BCUT2D eigenvalue weighted by Gasteiger charge is -2.26. The van der Waals surface area contributed by atoms with Gasteiger partial charge in [-0.3, -0.25) is 4.79 Å². The number of amides is 1. The number of rotatable bonds is 7. The molecular formula is C22H24F2N2O2. The van der Waals surface area contributed by atoms with Crippen molar-refractivity contribution in [3.8, 4) is 0 Å². The summed E-state index contributed by atoms with van der Waals surface area (Å²) in [6, 6.07) is 12.3. The highest BCUT2D eigenvalue weighted by Crippen LogP contribution is 2.20. The molecule has 0 aliphatic carbocycles. The molecule has 0 radical (unpaired) electrons. The van der Waals surface area contributed by atoms with Gasteiger partial charge in [-0.2, -0.15) is 0 Å². The van der Waals surface area contributed by atoms with E-state index in [4.69, 9.17) is 4.84 Å². The van der Waals surface area contributed by atoms with E-state index >= 15 is 0 Å². The Hall–Kier alpha value is -2.76. The van der Waals surface area contributed by atoms with Gasteiger partial charge in [0.05, 0.1) is 12.3 Å². The van der Waals surface area contributed by atoms with Crippen molar-refractivity contribution in [2.45, 2.75) is 39.3 Å². The van der Waals surface area contributed by atoms with Gasteiger partial charge in [0.15, 0.2) is 6.10 Å². The van der Waals surface area contributed by atoms with Crippen LogP contribution >= 0.6 is 0 Å². The molecule has 6 heteroatoms. The molecule has 0 saturated heterocycles. The van der Waals surface area contributed by atoms with Crippen LogP contribution in [0.3, 0.4) is 0 Å². The maximum Gasteiger partial charge on any atom is 0.223 e. The van der Waals surface area contributed by atoms with Crippen LogP contribution in [-0.2, 0) is 16.2 Å². The Balaban J connectivity index is 1.67. The van der Waals surface area contributed by atoms with E-state index in [1.54, 1.807) is 29.2 Å². The molecule has 4 nitrogen and oxygen atoms in total. The van der Waals surface area contributed by atoms with Crippen LogP contribution in [0.2, 0.25) is 0 Å². The number of carbonyl (C=O) groups is 1. The SMILES string of the molecule is CC(C)CC(=O)N(Cc1cccc(F)c1)C[C@H]1CC(c2ccc(F)cc2)=NO1. The first-order chi connectivity index (χ1) is 13.4. The molecule has 0 bridgehead atoms. The summed E-state index contributed by atoms with van der Waals surface area (Å²) < 4.78 is 26.6. The van der Waals surface area contributed by atoms with Gasteiger partial charge >= 0.3 is 0 Å². The smallest absolute Gasteiger partial charge is 0.223 e. The van der Waals surface area contributed by atoms with Gasteiger partial charge in [-0.1, -0.05) is 43.3 Å². The molecule has 1 amide bonds. The molecule has 0 N–H and O–H groups in total. The van der Waals surface area contributed by atoms with Crippen molar-refractivity contribution in [2.24, 2.45) is 11.1 Å². The van der Waals surface area contributed by atoms with Crippen LogP contribution in [0.1, 0.15) is 37.8 Å². The van der Waals surface area contributed by atoms with Crippen LogP contribution in [-0.4, -0.2) is 29.2 Å². The Kier molecular flexibility index (Phi) is 6.39. The molecule has 1 heterocycles. The van der Waals surface area contributed by atoms with Gasteiger partial charge in [0.1, 0.15) is 11.6 Å². The monoisotopic (exact) mass is 386 g/mol. The summed E-state index contributed by atoms with van der Waals surface area (Å²) in [4.78, 5) is 19.9. The van der Waals surface area contributed by atoms with Crippen molar-refractivity contribution >= 4 is 11.6 Å². The number of hydrogen-bond donors (Lipinski definition) is 0.